The second kappa shape index (κ2) is 8.03. The molecule has 0 saturated heterocycles. The number of H-pyrrole nitrogens is 1. The summed E-state index contributed by atoms with van der Waals surface area (Å²) >= 11 is 12.2. The Kier molecular flexibility index (Phi) is 5.73. The van der Waals surface area contributed by atoms with E-state index in [2.05, 4.69) is 9.72 Å². The zero-order valence-corrected chi connectivity index (χ0v) is 16.3. The van der Waals surface area contributed by atoms with Crippen molar-refractivity contribution < 1.29 is 14.3 Å². The van der Waals surface area contributed by atoms with Crippen LogP contribution in [0.2, 0.25) is 10.0 Å². The zero-order chi connectivity index (χ0) is 19.6. The number of aryl methyl sites for hydroxylation is 1. The van der Waals surface area contributed by atoms with Crippen molar-refractivity contribution in [3.8, 4) is 5.75 Å². The Morgan fingerprint density at radius 1 is 1.11 bits per heavy atom. The quantitative estimate of drug-likeness (QED) is 0.642. The second-order valence-electron chi connectivity index (χ2n) is 6.02. The highest BCUT2D eigenvalue weighted by molar-refractivity contribution is 6.33. The molecular weight excluding hydrogens is 389 g/mol. The number of fused-ring (bicyclic) bond motifs is 1. The van der Waals surface area contributed by atoms with Gasteiger partial charge in [0.25, 0.3) is 5.56 Å². The number of aromatic amines is 1. The lowest BCUT2D eigenvalue weighted by atomic mass is 9.98. The lowest BCUT2D eigenvalue weighted by molar-refractivity contribution is -0.142. The molecule has 0 aliphatic rings. The van der Waals surface area contributed by atoms with Crippen LogP contribution in [0.3, 0.4) is 0 Å². The first-order valence-corrected chi connectivity index (χ1v) is 8.94. The molecule has 5 nitrogen and oxygen atoms in total. The van der Waals surface area contributed by atoms with Gasteiger partial charge in [-0.05, 0) is 42.3 Å². The Bertz CT molecular complexity index is 1060. The van der Waals surface area contributed by atoms with E-state index in [9.17, 15) is 9.59 Å². The van der Waals surface area contributed by atoms with Gasteiger partial charge >= 0.3 is 5.97 Å². The third kappa shape index (κ3) is 4.10. The summed E-state index contributed by atoms with van der Waals surface area (Å²) in [4.78, 5) is 26.9. The first-order valence-electron chi connectivity index (χ1n) is 8.18. The Balaban J connectivity index is 2.11. The highest BCUT2D eigenvalue weighted by atomic mass is 35.5. The number of carbonyl (C=O) groups is 1. The number of esters is 1. The minimum Gasteiger partial charge on any atom is -0.480 e. The number of methoxy groups -OCH3 is 1. The molecule has 0 amide bonds. The van der Waals surface area contributed by atoms with Crippen LogP contribution in [0.5, 0.6) is 5.75 Å². The first kappa shape index (κ1) is 19.3. The van der Waals surface area contributed by atoms with E-state index in [4.69, 9.17) is 27.9 Å². The van der Waals surface area contributed by atoms with Crippen molar-refractivity contribution in [1.82, 2.24) is 4.98 Å². The van der Waals surface area contributed by atoms with E-state index < -0.39 is 5.97 Å². The molecule has 0 aliphatic heterocycles. The van der Waals surface area contributed by atoms with Crippen molar-refractivity contribution in [2.24, 2.45) is 0 Å². The van der Waals surface area contributed by atoms with Crippen LogP contribution < -0.4 is 10.3 Å². The van der Waals surface area contributed by atoms with E-state index in [1.165, 1.54) is 7.11 Å². The summed E-state index contributed by atoms with van der Waals surface area (Å²) in [5, 5.41) is 1.64. The lowest BCUT2D eigenvalue weighted by Crippen LogP contribution is -2.17. The Hall–Kier alpha value is -2.50. The average molecular weight is 406 g/mol. The van der Waals surface area contributed by atoms with Gasteiger partial charge in [0, 0.05) is 22.4 Å². The van der Waals surface area contributed by atoms with Crippen LogP contribution in [-0.2, 0) is 16.0 Å². The number of hydrogen-bond donors (Lipinski definition) is 1. The van der Waals surface area contributed by atoms with Gasteiger partial charge in [0.1, 0.15) is 5.75 Å². The van der Waals surface area contributed by atoms with E-state index in [1.807, 2.05) is 19.1 Å². The predicted molar refractivity (Wildman–Crippen MR) is 106 cm³/mol. The number of benzene rings is 2. The second-order valence-corrected chi connectivity index (χ2v) is 6.87. The highest BCUT2D eigenvalue weighted by Crippen LogP contribution is 2.35. The van der Waals surface area contributed by atoms with Crippen molar-refractivity contribution in [3.05, 3.63) is 73.5 Å². The molecule has 0 spiro atoms. The number of ether oxygens (including phenoxy) is 2. The van der Waals surface area contributed by atoms with Gasteiger partial charge in [-0.15, -0.1) is 0 Å². The summed E-state index contributed by atoms with van der Waals surface area (Å²) in [6, 6.07) is 10.6. The Morgan fingerprint density at radius 3 is 2.48 bits per heavy atom. The van der Waals surface area contributed by atoms with Crippen molar-refractivity contribution in [2.45, 2.75) is 13.3 Å². The van der Waals surface area contributed by atoms with Crippen LogP contribution in [0, 0.1) is 6.92 Å². The molecule has 2 aromatic carbocycles. The number of nitrogens with one attached hydrogen (secondary N) is 1. The summed E-state index contributed by atoms with van der Waals surface area (Å²) in [6.07, 6.45) is 0.428. The number of carbonyl (C=O) groups excluding carboxylic acids is 1. The van der Waals surface area contributed by atoms with Gasteiger partial charge < -0.3 is 14.5 Å². The molecule has 0 aliphatic carbocycles. The minimum absolute atomic E-state index is 0.184. The molecule has 0 atom stereocenters. The topological polar surface area (TPSA) is 68.4 Å². The number of hydrogen-bond acceptors (Lipinski definition) is 4. The fourth-order valence-electron chi connectivity index (χ4n) is 2.90. The molecule has 0 saturated carbocycles. The van der Waals surface area contributed by atoms with Crippen molar-refractivity contribution in [1.29, 1.82) is 0 Å². The van der Waals surface area contributed by atoms with Crippen LogP contribution in [0.1, 0.15) is 16.7 Å². The number of aromatic nitrogens is 1. The van der Waals surface area contributed by atoms with E-state index in [1.54, 1.807) is 24.3 Å². The minimum atomic E-state index is -0.522. The Labute approximate surface area is 165 Å². The first-order chi connectivity index (χ1) is 12.9. The summed E-state index contributed by atoms with van der Waals surface area (Å²) in [6.45, 7) is 1.56. The van der Waals surface area contributed by atoms with Crippen LogP contribution in [-0.4, -0.2) is 24.7 Å². The molecule has 3 aromatic rings. The van der Waals surface area contributed by atoms with Crippen molar-refractivity contribution in [2.75, 3.05) is 13.7 Å². The largest absolute Gasteiger partial charge is 0.480 e. The lowest BCUT2D eigenvalue weighted by Gasteiger charge is -2.15. The molecule has 0 fully saturated rings. The van der Waals surface area contributed by atoms with Crippen LogP contribution in [0.15, 0.2) is 41.2 Å². The summed E-state index contributed by atoms with van der Waals surface area (Å²) in [5.74, 6) is -0.183. The summed E-state index contributed by atoms with van der Waals surface area (Å²) in [7, 11) is 1.28. The normalized spacial score (nSPS) is 10.8. The molecule has 27 heavy (non-hydrogen) atoms. The van der Waals surface area contributed by atoms with E-state index >= 15 is 0 Å². The fourth-order valence-corrected chi connectivity index (χ4v) is 3.24. The highest BCUT2D eigenvalue weighted by Gasteiger charge is 2.17. The molecular formula is C20H17Cl2NO4. The standard InChI is InChI=1S/C20H17Cl2NO4/c1-11-14(9-12-3-5-13(21)6-4-12)20(25)23-16-8-7-15(22)19(18(11)16)27-10-17(24)26-2/h3-8H,9-10H2,1-2H3,(H,23,25). The van der Waals surface area contributed by atoms with E-state index in [0.29, 0.717) is 38.7 Å². The van der Waals surface area contributed by atoms with Gasteiger partial charge in [-0.2, -0.15) is 0 Å². The molecule has 0 radical (unpaired) electrons. The van der Waals surface area contributed by atoms with Crippen LogP contribution >= 0.6 is 23.2 Å². The summed E-state index contributed by atoms with van der Waals surface area (Å²) < 4.78 is 10.2. The summed E-state index contributed by atoms with van der Waals surface area (Å²) in [5.41, 5.74) is 2.69. The van der Waals surface area contributed by atoms with Gasteiger partial charge in [0.15, 0.2) is 6.61 Å². The fraction of sp³-hybridized carbons (Fsp3) is 0.200. The third-order valence-corrected chi connectivity index (χ3v) is 4.87. The Morgan fingerprint density at radius 2 is 1.81 bits per heavy atom. The molecule has 1 heterocycles. The monoisotopic (exact) mass is 405 g/mol. The van der Waals surface area contributed by atoms with Crippen molar-refractivity contribution >= 4 is 40.1 Å². The number of rotatable bonds is 5. The number of pyridine rings is 1. The molecule has 7 heteroatoms. The van der Waals surface area contributed by atoms with Gasteiger partial charge in [-0.1, -0.05) is 35.3 Å². The molecule has 0 unspecified atom stereocenters. The third-order valence-electron chi connectivity index (χ3n) is 4.32. The molecule has 140 valence electrons. The van der Waals surface area contributed by atoms with Gasteiger partial charge in [-0.25, -0.2) is 4.79 Å². The van der Waals surface area contributed by atoms with Crippen LogP contribution in [0.4, 0.5) is 0 Å². The van der Waals surface area contributed by atoms with Crippen LogP contribution in [0.25, 0.3) is 10.9 Å². The smallest absolute Gasteiger partial charge is 0.343 e. The molecule has 3 rings (SSSR count). The van der Waals surface area contributed by atoms with Gasteiger partial charge in [0.05, 0.1) is 17.6 Å². The maximum Gasteiger partial charge on any atom is 0.343 e. The SMILES string of the molecule is COC(=O)COc1c(Cl)ccc2[nH]c(=O)c(Cc3ccc(Cl)cc3)c(C)c12. The number of halogens is 2. The van der Waals surface area contributed by atoms with E-state index in [0.717, 1.165) is 11.1 Å². The average Bonchev–Trinajstić information content (AvgIpc) is 2.65. The molecule has 1 N–H and O–H groups in total. The van der Waals surface area contributed by atoms with E-state index in [-0.39, 0.29) is 12.2 Å². The predicted octanol–water partition coefficient (Wildman–Crippen LogP) is 4.29. The van der Waals surface area contributed by atoms with Gasteiger partial charge in [0.2, 0.25) is 0 Å². The zero-order valence-electron chi connectivity index (χ0n) is 14.8. The molecule has 1 aromatic heterocycles. The molecule has 0 bridgehead atoms. The van der Waals surface area contributed by atoms with Crippen molar-refractivity contribution in [3.63, 3.8) is 0 Å². The van der Waals surface area contributed by atoms with Gasteiger partial charge in [-0.3, -0.25) is 4.79 Å². The maximum atomic E-state index is 12.6. The maximum absolute atomic E-state index is 12.6.